The summed E-state index contributed by atoms with van der Waals surface area (Å²) in [6, 6.07) is 14.2. The summed E-state index contributed by atoms with van der Waals surface area (Å²) in [5, 5.41) is 8.33. The molecule has 0 aliphatic rings. The lowest BCUT2D eigenvalue weighted by atomic mass is 10.0. The molecule has 2 N–H and O–H groups in total. The van der Waals surface area contributed by atoms with Crippen molar-refractivity contribution in [1.29, 1.82) is 0 Å². The molecular formula is C16H20N2OS. The van der Waals surface area contributed by atoms with Crippen LogP contribution in [0.3, 0.4) is 0 Å². The molecule has 3 nitrogen and oxygen atoms in total. The number of rotatable bonds is 6. The van der Waals surface area contributed by atoms with Gasteiger partial charge < -0.3 is 5.32 Å². The number of amides is 1. The third-order valence-corrected chi connectivity index (χ3v) is 4.06. The summed E-state index contributed by atoms with van der Waals surface area (Å²) in [5.74, 6) is 0.0324. The first kappa shape index (κ1) is 14.8. The van der Waals surface area contributed by atoms with E-state index in [1.807, 2.05) is 38.1 Å². The van der Waals surface area contributed by atoms with Crippen LogP contribution in [0, 0.1) is 0 Å². The zero-order chi connectivity index (χ0) is 14.4. The lowest BCUT2D eigenvalue weighted by molar-refractivity contribution is -0.122. The zero-order valence-corrected chi connectivity index (χ0v) is 12.6. The number of hydrogen-bond donors (Lipinski definition) is 2. The third-order valence-electron chi connectivity index (χ3n) is 3.12. The molecule has 2 rings (SSSR count). The lowest BCUT2D eigenvalue weighted by Crippen LogP contribution is -2.43. The Morgan fingerprint density at radius 1 is 1.20 bits per heavy atom. The largest absolute Gasteiger partial charge is 0.355 e. The normalized spacial score (nSPS) is 13.7. The van der Waals surface area contributed by atoms with Gasteiger partial charge in [0.05, 0.1) is 12.1 Å². The summed E-state index contributed by atoms with van der Waals surface area (Å²) in [6.07, 6.45) is 0. The van der Waals surface area contributed by atoms with E-state index in [0.717, 1.165) is 0 Å². The van der Waals surface area contributed by atoms with Crippen LogP contribution in [-0.2, 0) is 4.79 Å². The topological polar surface area (TPSA) is 41.1 Å². The zero-order valence-electron chi connectivity index (χ0n) is 11.8. The number of carbonyl (C=O) groups excluding carboxylic acids is 1. The van der Waals surface area contributed by atoms with E-state index < -0.39 is 0 Å². The number of benzene rings is 1. The molecule has 0 radical (unpaired) electrons. The van der Waals surface area contributed by atoms with Crippen LogP contribution in [0.4, 0.5) is 0 Å². The smallest absolute Gasteiger partial charge is 0.236 e. The monoisotopic (exact) mass is 288 g/mol. The second kappa shape index (κ2) is 7.22. The molecule has 1 aromatic heterocycles. The van der Waals surface area contributed by atoms with Gasteiger partial charge in [-0.1, -0.05) is 36.4 Å². The molecule has 20 heavy (non-hydrogen) atoms. The Morgan fingerprint density at radius 3 is 2.55 bits per heavy atom. The molecule has 1 amide bonds. The third kappa shape index (κ3) is 3.68. The van der Waals surface area contributed by atoms with Gasteiger partial charge in [-0.2, -0.15) is 0 Å². The van der Waals surface area contributed by atoms with Crippen LogP contribution < -0.4 is 10.6 Å². The van der Waals surface area contributed by atoms with Crippen LogP contribution in [-0.4, -0.2) is 18.5 Å². The summed E-state index contributed by atoms with van der Waals surface area (Å²) in [7, 11) is 0. The van der Waals surface area contributed by atoms with E-state index in [0.29, 0.717) is 6.54 Å². The predicted octanol–water partition coefficient (Wildman–Crippen LogP) is 2.95. The predicted molar refractivity (Wildman–Crippen MR) is 83.9 cm³/mol. The quantitative estimate of drug-likeness (QED) is 0.858. The number of nitrogens with one attached hydrogen (secondary N) is 2. The van der Waals surface area contributed by atoms with Crippen molar-refractivity contribution in [1.82, 2.24) is 10.6 Å². The molecule has 1 heterocycles. The first-order chi connectivity index (χ1) is 9.72. The number of likely N-dealkylation sites (N-methyl/N-ethyl adjacent to an activating group) is 1. The maximum Gasteiger partial charge on any atom is 0.236 e. The Morgan fingerprint density at radius 2 is 1.95 bits per heavy atom. The van der Waals surface area contributed by atoms with Crippen LogP contribution in [0.15, 0.2) is 47.8 Å². The van der Waals surface area contributed by atoms with Crippen molar-refractivity contribution < 1.29 is 4.79 Å². The SMILES string of the molecule is CCNC(=O)[C@@H](C)N[C@H](c1ccccc1)c1cccs1. The van der Waals surface area contributed by atoms with Crippen molar-refractivity contribution in [2.24, 2.45) is 0 Å². The molecule has 2 atom stereocenters. The van der Waals surface area contributed by atoms with Gasteiger partial charge in [-0.05, 0) is 30.9 Å². The second-order valence-electron chi connectivity index (χ2n) is 4.64. The highest BCUT2D eigenvalue weighted by Gasteiger charge is 2.20. The van der Waals surface area contributed by atoms with E-state index >= 15 is 0 Å². The maximum absolute atomic E-state index is 11.9. The van der Waals surface area contributed by atoms with Crippen molar-refractivity contribution in [3.05, 3.63) is 58.3 Å². The molecule has 0 unspecified atom stereocenters. The molecule has 0 fully saturated rings. The Kier molecular flexibility index (Phi) is 5.32. The molecule has 0 spiro atoms. The molecule has 0 bridgehead atoms. The summed E-state index contributed by atoms with van der Waals surface area (Å²) >= 11 is 1.70. The Hall–Kier alpha value is -1.65. The van der Waals surface area contributed by atoms with Crippen molar-refractivity contribution in [2.45, 2.75) is 25.9 Å². The fourth-order valence-electron chi connectivity index (χ4n) is 2.10. The molecule has 106 valence electrons. The molecule has 0 aliphatic heterocycles. The summed E-state index contributed by atoms with van der Waals surface area (Å²) in [5.41, 5.74) is 1.17. The van der Waals surface area contributed by atoms with Gasteiger partial charge in [0.25, 0.3) is 0 Å². The Labute approximate surface area is 124 Å². The van der Waals surface area contributed by atoms with Crippen LogP contribution >= 0.6 is 11.3 Å². The first-order valence-electron chi connectivity index (χ1n) is 6.84. The van der Waals surface area contributed by atoms with Gasteiger partial charge in [-0.25, -0.2) is 0 Å². The second-order valence-corrected chi connectivity index (χ2v) is 5.62. The van der Waals surface area contributed by atoms with E-state index in [9.17, 15) is 4.79 Å². The minimum atomic E-state index is -0.234. The van der Waals surface area contributed by atoms with Crippen molar-refractivity contribution >= 4 is 17.2 Å². The first-order valence-corrected chi connectivity index (χ1v) is 7.72. The van der Waals surface area contributed by atoms with Gasteiger partial charge in [0.2, 0.25) is 5.91 Å². The minimum absolute atomic E-state index is 0.0324. The highest BCUT2D eigenvalue weighted by molar-refractivity contribution is 7.10. The molecule has 0 saturated heterocycles. The number of hydrogen-bond acceptors (Lipinski definition) is 3. The Bertz CT molecular complexity index is 525. The Balaban J connectivity index is 2.18. The maximum atomic E-state index is 11.9. The van der Waals surface area contributed by atoms with Gasteiger partial charge in [-0.15, -0.1) is 11.3 Å². The van der Waals surface area contributed by atoms with Crippen LogP contribution in [0.25, 0.3) is 0 Å². The van der Waals surface area contributed by atoms with E-state index in [1.165, 1.54) is 10.4 Å². The van der Waals surface area contributed by atoms with E-state index in [2.05, 4.69) is 34.2 Å². The molecule has 0 saturated carbocycles. The minimum Gasteiger partial charge on any atom is -0.355 e. The fourth-order valence-corrected chi connectivity index (χ4v) is 2.91. The lowest BCUT2D eigenvalue weighted by Gasteiger charge is -2.22. The average Bonchev–Trinajstić information content (AvgIpc) is 2.99. The van der Waals surface area contributed by atoms with E-state index in [1.54, 1.807) is 11.3 Å². The van der Waals surface area contributed by atoms with Crippen molar-refractivity contribution in [2.75, 3.05) is 6.54 Å². The fraction of sp³-hybridized carbons (Fsp3) is 0.312. The average molecular weight is 288 g/mol. The molecular weight excluding hydrogens is 268 g/mol. The van der Waals surface area contributed by atoms with Crippen LogP contribution in [0.1, 0.15) is 30.3 Å². The number of carbonyl (C=O) groups is 1. The van der Waals surface area contributed by atoms with Gasteiger partial charge in [-0.3, -0.25) is 10.1 Å². The van der Waals surface area contributed by atoms with Crippen LogP contribution in [0.5, 0.6) is 0 Å². The summed E-state index contributed by atoms with van der Waals surface area (Å²) in [6.45, 7) is 4.48. The highest BCUT2D eigenvalue weighted by atomic mass is 32.1. The van der Waals surface area contributed by atoms with Crippen molar-refractivity contribution in [3.63, 3.8) is 0 Å². The van der Waals surface area contributed by atoms with Gasteiger partial charge in [0, 0.05) is 11.4 Å². The van der Waals surface area contributed by atoms with E-state index in [4.69, 9.17) is 0 Å². The summed E-state index contributed by atoms with van der Waals surface area (Å²) in [4.78, 5) is 13.1. The molecule has 0 aliphatic carbocycles. The van der Waals surface area contributed by atoms with Crippen LogP contribution in [0.2, 0.25) is 0 Å². The number of thiophene rings is 1. The highest BCUT2D eigenvalue weighted by Crippen LogP contribution is 2.26. The van der Waals surface area contributed by atoms with E-state index in [-0.39, 0.29) is 18.0 Å². The molecule has 4 heteroatoms. The van der Waals surface area contributed by atoms with Crippen molar-refractivity contribution in [3.8, 4) is 0 Å². The van der Waals surface area contributed by atoms with Gasteiger partial charge in [0.1, 0.15) is 0 Å². The molecule has 2 aromatic rings. The van der Waals surface area contributed by atoms with Gasteiger partial charge >= 0.3 is 0 Å². The standard InChI is InChI=1S/C16H20N2OS/c1-3-17-16(19)12(2)18-15(14-10-7-11-20-14)13-8-5-4-6-9-13/h4-12,15,18H,3H2,1-2H3,(H,17,19)/t12-,15-/m1/s1. The summed E-state index contributed by atoms with van der Waals surface area (Å²) < 4.78 is 0. The van der Waals surface area contributed by atoms with Gasteiger partial charge in [0.15, 0.2) is 0 Å². The molecule has 1 aromatic carbocycles.